The van der Waals surface area contributed by atoms with Gasteiger partial charge in [0.15, 0.2) is 0 Å². The lowest BCUT2D eigenvalue weighted by molar-refractivity contribution is 1.09. The Kier molecular flexibility index (Phi) is 3.81. The maximum absolute atomic E-state index is 9.43. The number of hydrogen-bond acceptors (Lipinski definition) is 2. The fourth-order valence-electron chi connectivity index (χ4n) is 2.30. The molecule has 3 nitrogen and oxygen atoms in total. The van der Waals surface area contributed by atoms with Crippen LogP contribution in [0.3, 0.4) is 0 Å². The van der Waals surface area contributed by atoms with E-state index in [1.807, 2.05) is 30.5 Å². The molecule has 2 aromatic carbocycles. The molecule has 0 aliphatic heterocycles. The third-order valence-corrected chi connectivity index (χ3v) is 3.92. The Hall–Kier alpha value is -2.41. The molecule has 0 radical (unpaired) electrons. The fourth-order valence-corrected chi connectivity index (χ4v) is 2.55. The number of benzene rings is 2. The van der Waals surface area contributed by atoms with Crippen molar-refractivity contribution in [2.75, 3.05) is 5.73 Å². The number of aromatic nitrogens is 1. The lowest BCUT2D eigenvalue weighted by Gasteiger charge is -2.05. The van der Waals surface area contributed by atoms with Crippen molar-refractivity contribution >= 4 is 29.0 Å². The highest BCUT2D eigenvalue weighted by molar-refractivity contribution is 6.30. The van der Waals surface area contributed by atoms with Crippen molar-refractivity contribution in [1.29, 1.82) is 5.26 Å². The minimum absolute atomic E-state index is 0.398. The van der Waals surface area contributed by atoms with Gasteiger partial charge in [-0.2, -0.15) is 5.26 Å². The molecule has 1 aromatic heterocycles. The van der Waals surface area contributed by atoms with Crippen LogP contribution in [-0.2, 0) is 0 Å². The Morgan fingerprint density at radius 1 is 0.909 bits per heavy atom. The molecule has 3 rings (SSSR count). The largest absolute Gasteiger partial charge is 0.384 e. The van der Waals surface area contributed by atoms with Gasteiger partial charge in [-0.25, -0.2) is 0 Å². The second-order valence-corrected chi connectivity index (χ2v) is 5.64. The quantitative estimate of drug-likeness (QED) is 0.727. The molecule has 0 aliphatic carbocycles. The third-order valence-electron chi connectivity index (χ3n) is 3.42. The van der Waals surface area contributed by atoms with Crippen LogP contribution in [0.5, 0.6) is 0 Å². The molecule has 2 N–H and O–H groups in total. The lowest BCUT2D eigenvalue weighted by atomic mass is 10.1. The Morgan fingerprint density at radius 3 is 2.00 bits per heavy atom. The Morgan fingerprint density at radius 2 is 1.45 bits per heavy atom. The summed E-state index contributed by atoms with van der Waals surface area (Å²) in [7, 11) is 0. The van der Waals surface area contributed by atoms with Gasteiger partial charge in [0.2, 0.25) is 0 Å². The molecule has 0 unspecified atom stereocenters. The van der Waals surface area contributed by atoms with Crippen LogP contribution >= 0.6 is 23.2 Å². The van der Waals surface area contributed by atoms with Gasteiger partial charge in [-0.1, -0.05) is 35.3 Å². The van der Waals surface area contributed by atoms with E-state index in [0.29, 0.717) is 21.4 Å². The van der Waals surface area contributed by atoms with Crippen molar-refractivity contribution in [3.8, 4) is 22.9 Å². The summed E-state index contributed by atoms with van der Waals surface area (Å²) in [6.07, 6.45) is 1.85. The topological polar surface area (TPSA) is 54.7 Å². The first-order chi connectivity index (χ1) is 10.6. The van der Waals surface area contributed by atoms with Crippen molar-refractivity contribution in [1.82, 2.24) is 4.57 Å². The van der Waals surface area contributed by atoms with E-state index in [1.165, 1.54) is 0 Å². The van der Waals surface area contributed by atoms with Crippen LogP contribution in [0, 0.1) is 11.3 Å². The maximum atomic E-state index is 9.43. The molecule has 0 saturated carbocycles. The zero-order chi connectivity index (χ0) is 15.7. The first kappa shape index (κ1) is 14.5. The maximum Gasteiger partial charge on any atom is 0.126 e. The Labute approximate surface area is 138 Å². The zero-order valence-electron chi connectivity index (χ0n) is 11.4. The van der Waals surface area contributed by atoms with Crippen LogP contribution < -0.4 is 5.73 Å². The monoisotopic (exact) mass is 327 g/mol. The normalized spacial score (nSPS) is 10.4. The molecule has 1 heterocycles. The summed E-state index contributed by atoms with van der Waals surface area (Å²) in [6.45, 7) is 0. The molecule has 0 amide bonds. The minimum Gasteiger partial charge on any atom is -0.384 e. The molecule has 0 atom stereocenters. The van der Waals surface area contributed by atoms with Gasteiger partial charge >= 0.3 is 0 Å². The molecule has 0 bridgehead atoms. The van der Waals surface area contributed by atoms with E-state index in [-0.39, 0.29) is 0 Å². The van der Waals surface area contributed by atoms with Crippen molar-refractivity contribution in [2.45, 2.75) is 0 Å². The summed E-state index contributed by atoms with van der Waals surface area (Å²) in [5.74, 6) is 0.398. The van der Waals surface area contributed by atoms with E-state index in [2.05, 4.69) is 6.07 Å². The van der Waals surface area contributed by atoms with E-state index >= 15 is 0 Å². The average Bonchev–Trinajstić information content (AvgIpc) is 2.85. The van der Waals surface area contributed by atoms with E-state index in [4.69, 9.17) is 28.9 Å². The molecule has 0 saturated heterocycles. The summed E-state index contributed by atoms with van der Waals surface area (Å²) in [4.78, 5) is 0. The highest BCUT2D eigenvalue weighted by atomic mass is 35.5. The molecule has 0 fully saturated rings. The second kappa shape index (κ2) is 5.76. The molecule has 0 aliphatic rings. The van der Waals surface area contributed by atoms with E-state index in [1.54, 1.807) is 28.8 Å². The number of hydrogen-bond donors (Lipinski definition) is 1. The van der Waals surface area contributed by atoms with Crippen LogP contribution in [0.4, 0.5) is 5.82 Å². The molecule has 22 heavy (non-hydrogen) atoms. The van der Waals surface area contributed by atoms with Gasteiger partial charge in [0, 0.05) is 27.5 Å². The predicted molar refractivity (Wildman–Crippen MR) is 90.4 cm³/mol. The van der Waals surface area contributed by atoms with Gasteiger partial charge < -0.3 is 10.3 Å². The standard InChI is InChI=1S/C17H11Cl2N3/c18-12-3-1-11(2-4-12)16-10-22(17(21)15(16)9-20)14-7-5-13(19)6-8-14/h1-8,10H,21H2. The highest BCUT2D eigenvalue weighted by Crippen LogP contribution is 2.32. The molecular weight excluding hydrogens is 317 g/mol. The van der Waals surface area contributed by atoms with Gasteiger partial charge in [-0.05, 0) is 42.0 Å². The van der Waals surface area contributed by atoms with E-state index in [0.717, 1.165) is 16.8 Å². The fraction of sp³-hybridized carbons (Fsp3) is 0. The summed E-state index contributed by atoms with van der Waals surface area (Å²) in [5.41, 5.74) is 9.08. The number of rotatable bonds is 2. The number of anilines is 1. The van der Waals surface area contributed by atoms with Gasteiger partial charge in [0.05, 0.1) is 0 Å². The minimum atomic E-state index is 0.398. The number of nitrogens with two attached hydrogens (primary N) is 1. The predicted octanol–water partition coefficient (Wildman–Crippen LogP) is 4.90. The van der Waals surface area contributed by atoms with Crippen LogP contribution in [0.2, 0.25) is 10.0 Å². The van der Waals surface area contributed by atoms with E-state index < -0.39 is 0 Å². The summed E-state index contributed by atoms with van der Waals surface area (Å²) >= 11 is 11.8. The third kappa shape index (κ3) is 2.55. The van der Waals surface area contributed by atoms with E-state index in [9.17, 15) is 5.26 Å². The van der Waals surface area contributed by atoms with Crippen molar-refractivity contribution in [2.24, 2.45) is 0 Å². The molecule has 5 heteroatoms. The van der Waals surface area contributed by atoms with Gasteiger partial charge in [0.25, 0.3) is 0 Å². The number of halogens is 2. The smallest absolute Gasteiger partial charge is 0.126 e. The van der Waals surface area contributed by atoms with Crippen molar-refractivity contribution in [3.05, 3.63) is 70.3 Å². The molecule has 0 spiro atoms. The Bertz CT molecular complexity index is 857. The first-order valence-corrected chi connectivity index (χ1v) is 7.28. The van der Waals surface area contributed by atoms with Crippen LogP contribution in [0.1, 0.15) is 5.56 Å². The zero-order valence-corrected chi connectivity index (χ0v) is 12.9. The highest BCUT2D eigenvalue weighted by Gasteiger charge is 2.15. The van der Waals surface area contributed by atoms with Crippen molar-refractivity contribution < 1.29 is 0 Å². The Balaban J connectivity index is 2.17. The number of nitrogens with zero attached hydrogens (tertiary/aromatic N) is 2. The van der Waals surface area contributed by atoms with Gasteiger partial charge in [-0.15, -0.1) is 0 Å². The SMILES string of the molecule is N#Cc1c(-c2ccc(Cl)cc2)cn(-c2ccc(Cl)cc2)c1N. The number of nitriles is 1. The van der Waals surface area contributed by atoms with Crippen LogP contribution in [0.25, 0.3) is 16.8 Å². The summed E-state index contributed by atoms with van der Waals surface area (Å²) in [5, 5.41) is 10.7. The lowest BCUT2D eigenvalue weighted by Crippen LogP contribution is -1.99. The molecule has 108 valence electrons. The van der Waals surface area contributed by atoms with Crippen LogP contribution in [0.15, 0.2) is 54.7 Å². The van der Waals surface area contributed by atoms with Gasteiger partial charge in [0.1, 0.15) is 17.5 Å². The second-order valence-electron chi connectivity index (χ2n) is 4.77. The molecular formula is C17H11Cl2N3. The average molecular weight is 328 g/mol. The molecule has 3 aromatic rings. The summed E-state index contributed by atoms with van der Waals surface area (Å²) < 4.78 is 1.78. The first-order valence-electron chi connectivity index (χ1n) is 6.53. The van der Waals surface area contributed by atoms with Crippen molar-refractivity contribution in [3.63, 3.8) is 0 Å². The number of nitrogen functional groups attached to an aromatic ring is 1. The van der Waals surface area contributed by atoms with Gasteiger partial charge in [-0.3, -0.25) is 0 Å². The summed E-state index contributed by atoms with van der Waals surface area (Å²) in [6, 6.07) is 16.7. The van der Waals surface area contributed by atoms with Crippen LogP contribution in [-0.4, -0.2) is 4.57 Å².